The van der Waals surface area contributed by atoms with E-state index in [2.05, 4.69) is 24.5 Å². The predicted octanol–water partition coefficient (Wildman–Crippen LogP) is 4.55. The van der Waals surface area contributed by atoms with Gasteiger partial charge in [0.15, 0.2) is 0 Å². The van der Waals surface area contributed by atoms with E-state index in [-0.39, 0.29) is 27.0 Å². The SMILES string of the molecule is Cc1cc(NS(=O)(=O)c2ccc(NS(=O)(=O)c3cn(-c4ccccc4)nc3-c3ccccc3)cc2)nc(C)n1. The Morgan fingerprint density at radius 1 is 0.718 bits per heavy atom. The Balaban J connectivity index is 1.44. The molecule has 0 unspecified atom stereocenters. The van der Waals surface area contributed by atoms with Gasteiger partial charge in [0.1, 0.15) is 22.2 Å². The number of rotatable bonds is 8. The van der Waals surface area contributed by atoms with Gasteiger partial charge < -0.3 is 0 Å². The number of hydrogen-bond acceptors (Lipinski definition) is 7. The van der Waals surface area contributed by atoms with Gasteiger partial charge in [0.05, 0.1) is 16.8 Å². The van der Waals surface area contributed by atoms with Crippen molar-refractivity contribution in [3.63, 3.8) is 0 Å². The average Bonchev–Trinajstić information content (AvgIpc) is 3.36. The molecule has 3 aromatic carbocycles. The van der Waals surface area contributed by atoms with Crippen molar-refractivity contribution in [2.45, 2.75) is 23.6 Å². The second kappa shape index (κ2) is 10.3. The molecule has 10 nitrogen and oxygen atoms in total. The molecule has 5 rings (SSSR count). The first-order chi connectivity index (χ1) is 18.6. The molecule has 0 bridgehead atoms. The summed E-state index contributed by atoms with van der Waals surface area (Å²) in [5.41, 5.74) is 2.43. The molecule has 0 saturated heterocycles. The molecule has 0 aliphatic rings. The van der Waals surface area contributed by atoms with Crippen LogP contribution in [0.5, 0.6) is 0 Å². The first-order valence-corrected chi connectivity index (χ1v) is 14.8. The standard InChI is InChI=1S/C27H24N6O4S2/c1-19-17-26(29-20(2)28-19)32-38(34,35)24-15-13-22(14-16-24)31-39(36,37)25-18-33(23-11-7-4-8-12-23)30-27(25)21-9-5-3-6-10-21/h3-18,31H,1-2H3,(H,28,29,32). The third-order valence-electron chi connectivity index (χ3n) is 5.66. The summed E-state index contributed by atoms with van der Waals surface area (Å²) in [5.74, 6) is 0.580. The van der Waals surface area contributed by atoms with Gasteiger partial charge in [0.25, 0.3) is 20.0 Å². The largest absolute Gasteiger partial charge is 0.280 e. The van der Waals surface area contributed by atoms with Gasteiger partial charge in [-0.3, -0.25) is 9.44 Å². The van der Waals surface area contributed by atoms with Gasteiger partial charge in [-0.1, -0.05) is 48.5 Å². The molecule has 0 atom stereocenters. The average molecular weight is 561 g/mol. The highest BCUT2D eigenvalue weighted by molar-refractivity contribution is 7.93. The van der Waals surface area contributed by atoms with Gasteiger partial charge in [0, 0.05) is 23.0 Å². The lowest BCUT2D eigenvalue weighted by atomic mass is 10.2. The van der Waals surface area contributed by atoms with Crippen molar-refractivity contribution < 1.29 is 16.8 Å². The van der Waals surface area contributed by atoms with E-state index in [0.29, 0.717) is 22.8 Å². The molecule has 39 heavy (non-hydrogen) atoms. The topological polar surface area (TPSA) is 136 Å². The van der Waals surface area contributed by atoms with Gasteiger partial charge in [-0.05, 0) is 50.2 Å². The van der Waals surface area contributed by atoms with Crippen LogP contribution in [0.3, 0.4) is 0 Å². The number of para-hydroxylation sites is 1. The zero-order chi connectivity index (χ0) is 27.6. The van der Waals surface area contributed by atoms with Crippen LogP contribution in [0, 0.1) is 13.8 Å². The summed E-state index contributed by atoms with van der Waals surface area (Å²) in [6.45, 7) is 3.40. The summed E-state index contributed by atoms with van der Waals surface area (Å²) < 4.78 is 59.2. The molecule has 2 heterocycles. The predicted molar refractivity (Wildman–Crippen MR) is 149 cm³/mol. The Labute approximate surface area is 226 Å². The molecule has 0 saturated carbocycles. The summed E-state index contributed by atoms with van der Waals surface area (Å²) in [4.78, 5) is 8.16. The van der Waals surface area contributed by atoms with Crippen molar-refractivity contribution in [3.8, 4) is 16.9 Å². The van der Waals surface area contributed by atoms with E-state index in [1.807, 2.05) is 36.4 Å². The van der Waals surface area contributed by atoms with Crippen LogP contribution >= 0.6 is 0 Å². The maximum atomic E-state index is 13.5. The molecular formula is C27H24N6O4S2. The smallest absolute Gasteiger partial charge is 0.265 e. The van der Waals surface area contributed by atoms with Gasteiger partial charge in [-0.2, -0.15) is 5.10 Å². The number of anilines is 2. The maximum absolute atomic E-state index is 13.5. The van der Waals surface area contributed by atoms with Crippen molar-refractivity contribution in [2.75, 3.05) is 9.44 Å². The van der Waals surface area contributed by atoms with E-state index in [0.717, 1.165) is 0 Å². The van der Waals surface area contributed by atoms with Crippen LogP contribution in [-0.2, 0) is 20.0 Å². The number of aromatic nitrogens is 4. The Hall–Kier alpha value is -4.55. The van der Waals surface area contributed by atoms with Gasteiger partial charge in [-0.25, -0.2) is 31.5 Å². The van der Waals surface area contributed by atoms with Crippen molar-refractivity contribution >= 4 is 31.6 Å². The van der Waals surface area contributed by atoms with Gasteiger partial charge in [-0.15, -0.1) is 0 Å². The maximum Gasteiger partial charge on any atom is 0.265 e. The molecule has 2 N–H and O–H groups in total. The number of hydrogen-bond donors (Lipinski definition) is 2. The molecule has 12 heteroatoms. The summed E-state index contributed by atoms with van der Waals surface area (Å²) in [7, 11) is -8.06. The van der Waals surface area contributed by atoms with Crippen molar-refractivity contribution in [2.24, 2.45) is 0 Å². The van der Waals surface area contributed by atoms with Crippen LogP contribution in [0.4, 0.5) is 11.5 Å². The molecule has 0 amide bonds. The fraction of sp³-hybridized carbons (Fsp3) is 0.0741. The number of aryl methyl sites for hydroxylation is 2. The minimum absolute atomic E-state index is 0.0228. The Morgan fingerprint density at radius 2 is 1.36 bits per heavy atom. The molecule has 2 aromatic heterocycles. The second-order valence-electron chi connectivity index (χ2n) is 8.67. The fourth-order valence-corrected chi connectivity index (χ4v) is 6.14. The molecular weight excluding hydrogens is 536 g/mol. The molecule has 5 aromatic rings. The third kappa shape index (κ3) is 5.81. The van der Waals surface area contributed by atoms with E-state index in [1.54, 1.807) is 38.1 Å². The van der Waals surface area contributed by atoms with E-state index < -0.39 is 20.0 Å². The Kier molecular flexibility index (Phi) is 6.89. The first-order valence-electron chi connectivity index (χ1n) is 11.8. The van der Waals surface area contributed by atoms with Crippen LogP contribution in [0.1, 0.15) is 11.5 Å². The summed E-state index contributed by atoms with van der Waals surface area (Å²) in [6, 6.07) is 25.1. The fourth-order valence-electron chi connectivity index (χ4n) is 3.94. The lowest BCUT2D eigenvalue weighted by Gasteiger charge is -2.11. The van der Waals surface area contributed by atoms with Gasteiger partial charge >= 0.3 is 0 Å². The van der Waals surface area contributed by atoms with Crippen LogP contribution in [-0.4, -0.2) is 36.6 Å². The first kappa shape index (κ1) is 26.1. The molecule has 0 spiro atoms. The summed E-state index contributed by atoms with van der Waals surface area (Å²) in [6.07, 6.45) is 1.45. The Bertz CT molecular complexity index is 1820. The number of benzene rings is 3. The quantitative estimate of drug-likeness (QED) is 0.284. The zero-order valence-corrected chi connectivity index (χ0v) is 22.6. The third-order valence-corrected chi connectivity index (χ3v) is 8.41. The van der Waals surface area contributed by atoms with Crippen LogP contribution < -0.4 is 9.44 Å². The highest BCUT2D eigenvalue weighted by Crippen LogP contribution is 2.29. The van der Waals surface area contributed by atoms with E-state index in [1.165, 1.54) is 41.2 Å². The van der Waals surface area contributed by atoms with Crippen LogP contribution in [0.15, 0.2) is 107 Å². The normalized spacial score (nSPS) is 11.7. The van der Waals surface area contributed by atoms with Crippen molar-refractivity contribution in [3.05, 3.63) is 109 Å². The zero-order valence-electron chi connectivity index (χ0n) is 21.0. The lowest BCUT2D eigenvalue weighted by Crippen LogP contribution is -2.16. The van der Waals surface area contributed by atoms with Crippen molar-refractivity contribution in [1.82, 2.24) is 19.7 Å². The summed E-state index contributed by atoms with van der Waals surface area (Å²) in [5, 5.41) is 4.56. The van der Waals surface area contributed by atoms with Crippen LogP contribution in [0.25, 0.3) is 16.9 Å². The molecule has 0 fully saturated rings. The molecule has 0 aliphatic heterocycles. The monoisotopic (exact) mass is 560 g/mol. The van der Waals surface area contributed by atoms with E-state index in [9.17, 15) is 16.8 Å². The number of nitrogens with zero attached hydrogens (tertiary/aromatic N) is 4. The molecule has 0 radical (unpaired) electrons. The second-order valence-corrected chi connectivity index (χ2v) is 12.0. The minimum Gasteiger partial charge on any atom is -0.280 e. The minimum atomic E-state index is -4.10. The molecule has 0 aliphatic carbocycles. The molecule has 198 valence electrons. The highest BCUT2D eigenvalue weighted by atomic mass is 32.2. The van der Waals surface area contributed by atoms with E-state index >= 15 is 0 Å². The van der Waals surface area contributed by atoms with Crippen LogP contribution in [0.2, 0.25) is 0 Å². The Morgan fingerprint density at radius 3 is 2.00 bits per heavy atom. The lowest BCUT2D eigenvalue weighted by molar-refractivity contribution is 0.600. The van der Waals surface area contributed by atoms with Crippen molar-refractivity contribution in [1.29, 1.82) is 0 Å². The highest BCUT2D eigenvalue weighted by Gasteiger charge is 2.25. The number of sulfonamides is 2. The number of nitrogens with one attached hydrogen (secondary N) is 2. The van der Waals surface area contributed by atoms with E-state index in [4.69, 9.17) is 0 Å². The summed E-state index contributed by atoms with van der Waals surface area (Å²) >= 11 is 0. The van der Waals surface area contributed by atoms with Gasteiger partial charge in [0.2, 0.25) is 0 Å².